The normalized spacial score (nSPS) is 14.3. The van der Waals surface area contributed by atoms with Crippen LogP contribution in [0.4, 0.5) is 5.69 Å². The minimum Gasteiger partial charge on any atom is -0.326 e. The predicted octanol–water partition coefficient (Wildman–Crippen LogP) is 1.63. The Labute approximate surface area is 107 Å². The lowest BCUT2D eigenvalue weighted by molar-refractivity contribution is -0.116. The fourth-order valence-electron chi connectivity index (χ4n) is 2.03. The summed E-state index contributed by atoms with van der Waals surface area (Å²) >= 11 is 4.15. The molecule has 0 aromatic heterocycles. The number of fused-ring (bicyclic) bond motifs is 1. The van der Waals surface area contributed by atoms with Gasteiger partial charge in [-0.05, 0) is 36.6 Å². The van der Waals surface area contributed by atoms with Crippen LogP contribution in [0, 0.1) is 0 Å². The third-order valence-electron chi connectivity index (χ3n) is 2.94. The lowest BCUT2D eigenvalue weighted by Crippen LogP contribution is -2.21. The van der Waals surface area contributed by atoms with Gasteiger partial charge in [0.05, 0.1) is 0 Å². The average molecular weight is 250 g/mol. The molecule has 92 valence electrons. The number of carbonyl (C=O) groups is 1. The highest BCUT2D eigenvalue weighted by Crippen LogP contribution is 2.23. The van der Waals surface area contributed by atoms with E-state index >= 15 is 0 Å². The number of amides is 1. The van der Waals surface area contributed by atoms with Gasteiger partial charge in [0.15, 0.2) is 0 Å². The number of carbonyl (C=O) groups excluding carboxylic acids is 1. The van der Waals surface area contributed by atoms with Gasteiger partial charge in [-0.3, -0.25) is 4.79 Å². The summed E-state index contributed by atoms with van der Waals surface area (Å²) in [4.78, 5) is 11.2. The van der Waals surface area contributed by atoms with Crippen molar-refractivity contribution in [2.75, 3.05) is 24.2 Å². The summed E-state index contributed by atoms with van der Waals surface area (Å²) in [6, 6.07) is 6.31. The van der Waals surface area contributed by atoms with Crippen molar-refractivity contribution in [3.8, 4) is 0 Å². The number of nitrogens with one attached hydrogen (secondary N) is 2. The van der Waals surface area contributed by atoms with Gasteiger partial charge >= 0.3 is 0 Å². The fraction of sp³-hybridized carbons (Fsp3) is 0.462. The van der Waals surface area contributed by atoms with E-state index in [9.17, 15) is 4.79 Å². The topological polar surface area (TPSA) is 41.1 Å². The molecule has 1 aliphatic rings. The molecule has 1 aromatic carbocycles. The van der Waals surface area contributed by atoms with E-state index in [0.29, 0.717) is 6.42 Å². The van der Waals surface area contributed by atoms with Gasteiger partial charge in [-0.2, -0.15) is 12.6 Å². The largest absolute Gasteiger partial charge is 0.326 e. The third-order valence-corrected chi connectivity index (χ3v) is 3.17. The van der Waals surface area contributed by atoms with Crippen molar-refractivity contribution < 1.29 is 4.79 Å². The van der Waals surface area contributed by atoms with E-state index < -0.39 is 0 Å². The summed E-state index contributed by atoms with van der Waals surface area (Å²) in [6.45, 7) is 1.93. The molecule has 0 unspecified atom stereocenters. The van der Waals surface area contributed by atoms with Crippen LogP contribution >= 0.6 is 12.6 Å². The van der Waals surface area contributed by atoms with Crippen LogP contribution in [-0.2, 0) is 17.6 Å². The quantitative estimate of drug-likeness (QED) is 0.549. The maximum absolute atomic E-state index is 11.2. The first kappa shape index (κ1) is 12.5. The third kappa shape index (κ3) is 3.48. The Morgan fingerprint density at radius 2 is 2.18 bits per heavy atom. The molecule has 0 atom stereocenters. The summed E-state index contributed by atoms with van der Waals surface area (Å²) in [5.41, 5.74) is 3.57. The fourth-order valence-corrected chi connectivity index (χ4v) is 2.19. The molecule has 1 heterocycles. The van der Waals surface area contributed by atoms with E-state index in [1.807, 2.05) is 6.07 Å². The van der Waals surface area contributed by atoms with Crippen molar-refractivity contribution in [2.24, 2.45) is 0 Å². The molecule has 0 fully saturated rings. The number of rotatable bonds is 5. The van der Waals surface area contributed by atoms with Crippen molar-refractivity contribution in [1.29, 1.82) is 0 Å². The van der Waals surface area contributed by atoms with Crippen molar-refractivity contribution in [2.45, 2.75) is 19.3 Å². The Balaban J connectivity index is 1.94. The van der Waals surface area contributed by atoms with Crippen LogP contribution in [-0.4, -0.2) is 24.7 Å². The molecular weight excluding hydrogens is 232 g/mol. The summed E-state index contributed by atoms with van der Waals surface area (Å²) in [5, 5.41) is 6.22. The van der Waals surface area contributed by atoms with E-state index in [1.54, 1.807) is 0 Å². The Hall–Kier alpha value is -1.00. The molecule has 17 heavy (non-hydrogen) atoms. The molecule has 0 saturated heterocycles. The standard InChI is InChI=1S/C13H18N2OS/c16-13-4-2-11-9-10(1-3-12(11)15-13)5-6-14-7-8-17/h1,3,9,14,17H,2,4-8H2,(H,15,16). The van der Waals surface area contributed by atoms with Gasteiger partial charge in [-0.15, -0.1) is 0 Å². The van der Waals surface area contributed by atoms with Gasteiger partial charge in [0, 0.05) is 24.4 Å². The molecule has 0 aliphatic carbocycles. The molecule has 1 aliphatic heterocycles. The van der Waals surface area contributed by atoms with Crippen LogP contribution in [0.2, 0.25) is 0 Å². The second-order valence-electron chi connectivity index (χ2n) is 4.26. The van der Waals surface area contributed by atoms with Gasteiger partial charge in [0.2, 0.25) is 5.91 Å². The number of anilines is 1. The maximum atomic E-state index is 11.2. The van der Waals surface area contributed by atoms with Crippen LogP contribution in [0.25, 0.3) is 0 Å². The summed E-state index contributed by atoms with van der Waals surface area (Å²) in [7, 11) is 0. The molecule has 0 bridgehead atoms. The molecule has 0 radical (unpaired) electrons. The van der Waals surface area contributed by atoms with Crippen molar-refractivity contribution >= 4 is 24.2 Å². The van der Waals surface area contributed by atoms with Crippen molar-refractivity contribution in [3.05, 3.63) is 29.3 Å². The van der Waals surface area contributed by atoms with Crippen molar-refractivity contribution in [3.63, 3.8) is 0 Å². The van der Waals surface area contributed by atoms with Crippen LogP contribution in [0.3, 0.4) is 0 Å². The molecule has 0 spiro atoms. The minimum absolute atomic E-state index is 0.126. The molecule has 2 N–H and O–H groups in total. The summed E-state index contributed by atoms with van der Waals surface area (Å²) in [6.07, 6.45) is 2.49. The number of hydrogen-bond donors (Lipinski definition) is 3. The van der Waals surface area contributed by atoms with E-state index in [2.05, 4.69) is 35.4 Å². The Morgan fingerprint density at radius 3 is 3.00 bits per heavy atom. The first-order valence-electron chi connectivity index (χ1n) is 6.03. The second-order valence-corrected chi connectivity index (χ2v) is 4.71. The molecule has 3 nitrogen and oxygen atoms in total. The Kier molecular flexibility index (Phi) is 4.45. The molecule has 1 amide bonds. The van der Waals surface area contributed by atoms with E-state index in [1.165, 1.54) is 11.1 Å². The second kappa shape index (κ2) is 6.07. The molecule has 1 aromatic rings. The lowest BCUT2D eigenvalue weighted by atomic mass is 9.99. The van der Waals surface area contributed by atoms with Crippen LogP contribution < -0.4 is 10.6 Å². The average Bonchev–Trinajstić information content (AvgIpc) is 2.35. The van der Waals surface area contributed by atoms with E-state index in [4.69, 9.17) is 0 Å². The van der Waals surface area contributed by atoms with Gasteiger partial charge in [-0.1, -0.05) is 12.1 Å². The van der Waals surface area contributed by atoms with E-state index in [0.717, 1.165) is 37.4 Å². The minimum atomic E-state index is 0.126. The van der Waals surface area contributed by atoms with Crippen LogP contribution in [0.5, 0.6) is 0 Å². The van der Waals surface area contributed by atoms with Gasteiger partial charge in [0.1, 0.15) is 0 Å². The van der Waals surface area contributed by atoms with Gasteiger partial charge < -0.3 is 10.6 Å². The van der Waals surface area contributed by atoms with Gasteiger partial charge in [-0.25, -0.2) is 0 Å². The summed E-state index contributed by atoms with van der Waals surface area (Å²) < 4.78 is 0. The highest BCUT2D eigenvalue weighted by molar-refractivity contribution is 7.80. The number of benzene rings is 1. The highest BCUT2D eigenvalue weighted by atomic mass is 32.1. The smallest absolute Gasteiger partial charge is 0.224 e. The first-order valence-corrected chi connectivity index (χ1v) is 6.66. The van der Waals surface area contributed by atoms with Crippen molar-refractivity contribution in [1.82, 2.24) is 5.32 Å². The zero-order chi connectivity index (χ0) is 12.1. The monoisotopic (exact) mass is 250 g/mol. The highest BCUT2D eigenvalue weighted by Gasteiger charge is 2.14. The molecule has 0 saturated carbocycles. The first-order chi connectivity index (χ1) is 8.29. The predicted molar refractivity (Wildman–Crippen MR) is 73.8 cm³/mol. The van der Waals surface area contributed by atoms with Crippen LogP contribution in [0.1, 0.15) is 17.5 Å². The molecule has 4 heteroatoms. The lowest BCUT2D eigenvalue weighted by Gasteiger charge is -2.17. The molecule has 2 rings (SSSR count). The van der Waals surface area contributed by atoms with Gasteiger partial charge in [0.25, 0.3) is 0 Å². The zero-order valence-electron chi connectivity index (χ0n) is 9.83. The Bertz CT molecular complexity index is 406. The maximum Gasteiger partial charge on any atom is 0.224 e. The SMILES string of the molecule is O=C1CCc2cc(CCNCCS)ccc2N1. The summed E-state index contributed by atoms with van der Waals surface area (Å²) in [5.74, 6) is 0.997. The van der Waals surface area contributed by atoms with Crippen LogP contribution in [0.15, 0.2) is 18.2 Å². The number of hydrogen-bond acceptors (Lipinski definition) is 3. The zero-order valence-corrected chi connectivity index (χ0v) is 10.7. The number of thiol groups is 1. The Morgan fingerprint density at radius 1 is 1.29 bits per heavy atom. The van der Waals surface area contributed by atoms with E-state index in [-0.39, 0.29) is 5.91 Å². The molecular formula is C13H18N2OS. The number of aryl methyl sites for hydroxylation is 1.